The van der Waals surface area contributed by atoms with Crippen molar-refractivity contribution < 1.29 is 18.7 Å². The molecular formula is C28H35N3O4. The standard InChI is InChI=1S/C28H35N3O4/c1-4-14-34-21-11-9-20(10-12-21)17-31-26(32)24-16-25-23(13-15-35-25)30(24)18-28(31,3)27(33)29-22-8-6-5-7-19(22)2/h9-13,15-16,19,22H,4-8,14,17-18H2,1-3H3,(H,29,33)/t19-,22-,28+/m0/s1. The van der Waals surface area contributed by atoms with Crippen molar-refractivity contribution in [2.75, 3.05) is 6.61 Å². The van der Waals surface area contributed by atoms with Crippen molar-refractivity contribution in [1.29, 1.82) is 0 Å². The molecule has 1 fully saturated rings. The number of carbonyl (C=O) groups is 2. The number of amides is 2. The number of fused-ring (bicyclic) bond motifs is 3. The predicted molar refractivity (Wildman–Crippen MR) is 134 cm³/mol. The highest BCUT2D eigenvalue weighted by molar-refractivity contribution is 6.02. The Labute approximate surface area is 206 Å². The van der Waals surface area contributed by atoms with Gasteiger partial charge in [0.2, 0.25) is 5.91 Å². The number of carbonyl (C=O) groups excluding carboxylic acids is 2. The Balaban J connectivity index is 1.47. The molecule has 2 aromatic heterocycles. The van der Waals surface area contributed by atoms with Gasteiger partial charge in [-0.2, -0.15) is 0 Å². The van der Waals surface area contributed by atoms with Crippen LogP contribution in [0.15, 0.2) is 47.1 Å². The Bertz CT molecular complexity index is 1210. The summed E-state index contributed by atoms with van der Waals surface area (Å²) in [7, 11) is 0. The summed E-state index contributed by atoms with van der Waals surface area (Å²) in [4.78, 5) is 29.5. The molecule has 2 aliphatic rings. The zero-order valence-corrected chi connectivity index (χ0v) is 20.9. The second-order valence-corrected chi connectivity index (χ2v) is 10.3. The van der Waals surface area contributed by atoms with Crippen LogP contribution in [0.4, 0.5) is 0 Å². The number of benzene rings is 1. The number of rotatable bonds is 7. The first kappa shape index (κ1) is 23.5. The quantitative estimate of drug-likeness (QED) is 0.512. The summed E-state index contributed by atoms with van der Waals surface area (Å²) in [6.45, 7) is 7.55. The molecule has 3 atom stereocenters. The molecule has 1 aliphatic heterocycles. The van der Waals surface area contributed by atoms with Crippen LogP contribution in [0.25, 0.3) is 11.1 Å². The van der Waals surface area contributed by atoms with Gasteiger partial charge in [0.1, 0.15) is 17.0 Å². The molecule has 5 rings (SSSR count). The third-order valence-corrected chi connectivity index (χ3v) is 7.70. The first-order chi connectivity index (χ1) is 16.9. The average Bonchev–Trinajstić information content (AvgIpc) is 3.45. The fourth-order valence-electron chi connectivity index (χ4n) is 5.47. The lowest BCUT2D eigenvalue weighted by Crippen LogP contribution is -2.65. The van der Waals surface area contributed by atoms with Crippen molar-refractivity contribution in [2.45, 2.75) is 77.5 Å². The summed E-state index contributed by atoms with van der Waals surface area (Å²) >= 11 is 0. The summed E-state index contributed by atoms with van der Waals surface area (Å²) in [6.07, 6.45) is 7.00. The number of hydrogen-bond donors (Lipinski definition) is 1. The van der Waals surface area contributed by atoms with Crippen molar-refractivity contribution in [1.82, 2.24) is 14.8 Å². The smallest absolute Gasteiger partial charge is 0.271 e. The number of nitrogens with zero attached hydrogens (tertiary/aromatic N) is 2. The van der Waals surface area contributed by atoms with Crippen molar-refractivity contribution in [3.63, 3.8) is 0 Å². The highest BCUT2D eigenvalue weighted by atomic mass is 16.5. The Hall–Kier alpha value is -3.22. The molecule has 1 N–H and O–H groups in total. The normalized spacial score (nSPS) is 24.4. The van der Waals surface area contributed by atoms with Gasteiger partial charge in [-0.1, -0.05) is 38.8 Å². The minimum absolute atomic E-state index is 0.0940. The van der Waals surface area contributed by atoms with Gasteiger partial charge in [0.05, 0.1) is 24.9 Å². The summed E-state index contributed by atoms with van der Waals surface area (Å²) in [5.41, 5.74) is 1.98. The maximum absolute atomic E-state index is 13.9. The van der Waals surface area contributed by atoms with Crippen LogP contribution in [0.1, 0.15) is 68.9 Å². The van der Waals surface area contributed by atoms with E-state index in [1.165, 1.54) is 6.42 Å². The number of hydrogen-bond acceptors (Lipinski definition) is 4. The molecule has 0 unspecified atom stereocenters. The van der Waals surface area contributed by atoms with Crippen LogP contribution in [0, 0.1) is 5.92 Å². The zero-order valence-electron chi connectivity index (χ0n) is 20.9. The Kier molecular flexibility index (Phi) is 6.34. The first-order valence-electron chi connectivity index (χ1n) is 12.8. The van der Waals surface area contributed by atoms with Gasteiger partial charge >= 0.3 is 0 Å². The minimum atomic E-state index is -1.04. The molecule has 0 spiro atoms. The molecule has 7 heteroatoms. The lowest BCUT2D eigenvalue weighted by Gasteiger charge is -2.45. The Morgan fingerprint density at radius 1 is 1.20 bits per heavy atom. The molecule has 186 valence electrons. The summed E-state index contributed by atoms with van der Waals surface area (Å²) < 4.78 is 13.2. The van der Waals surface area contributed by atoms with Crippen LogP contribution in [0.5, 0.6) is 5.75 Å². The minimum Gasteiger partial charge on any atom is -0.494 e. The van der Waals surface area contributed by atoms with E-state index >= 15 is 0 Å². The van der Waals surface area contributed by atoms with E-state index in [-0.39, 0.29) is 17.9 Å². The van der Waals surface area contributed by atoms with E-state index in [0.717, 1.165) is 42.5 Å². The van der Waals surface area contributed by atoms with Crippen LogP contribution in [-0.2, 0) is 17.9 Å². The molecular weight excluding hydrogens is 442 g/mol. The van der Waals surface area contributed by atoms with E-state index in [2.05, 4.69) is 19.2 Å². The molecule has 1 saturated carbocycles. The van der Waals surface area contributed by atoms with E-state index in [1.807, 2.05) is 41.8 Å². The molecule has 1 aromatic carbocycles. The maximum Gasteiger partial charge on any atom is 0.271 e. The molecule has 3 aromatic rings. The Morgan fingerprint density at radius 2 is 1.97 bits per heavy atom. The molecule has 0 saturated heterocycles. The van der Waals surface area contributed by atoms with E-state index in [1.54, 1.807) is 17.2 Å². The van der Waals surface area contributed by atoms with Crippen LogP contribution >= 0.6 is 0 Å². The second kappa shape index (κ2) is 9.44. The third-order valence-electron chi connectivity index (χ3n) is 7.70. The zero-order chi connectivity index (χ0) is 24.6. The third kappa shape index (κ3) is 4.32. The maximum atomic E-state index is 13.9. The van der Waals surface area contributed by atoms with Gasteiger partial charge in [0.15, 0.2) is 5.58 Å². The van der Waals surface area contributed by atoms with Crippen LogP contribution < -0.4 is 10.1 Å². The van der Waals surface area contributed by atoms with Crippen molar-refractivity contribution in [3.8, 4) is 5.75 Å². The monoisotopic (exact) mass is 477 g/mol. The van der Waals surface area contributed by atoms with E-state index in [4.69, 9.17) is 9.15 Å². The van der Waals surface area contributed by atoms with E-state index in [9.17, 15) is 9.59 Å². The lowest BCUT2D eigenvalue weighted by atomic mass is 9.85. The molecule has 35 heavy (non-hydrogen) atoms. The van der Waals surface area contributed by atoms with Gasteiger partial charge in [-0.05, 0) is 49.8 Å². The first-order valence-corrected chi connectivity index (χ1v) is 12.8. The highest BCUT2D eigenvalue weighted by Crippen LogP contribution is 2.35. The van der Waals surface area contributed by atoms with E-state index in [0.29, 0.717) is 36.9 Å². The van der Waals surface area contributed by atoms with Crippen molar-refractivity contribution in [3.05, 3.63) is 53.9 Å². The Morgan fingerprint density at radius 3 is 2.71 bits per heavy atom. The molecule has 0 radical (unpaired) electrons. The molecule has 0 bridgehead atoms. The topological polar surface area (TPSA) is 76.7 Å². The highest BCUT2D eigenvalue weighted by Gasteiger charge is 2.48. The van der Waals surface area contributed by atoms with Gasteiger partial charge in [0, 0.05) is 24.7 Å². The molecule has 3 heterocycles. The molecule has 2 amide bonds. The lowest BCUT2D eigenvalue weighted by molar-refractivity contribution is -0.134. The predicted octanol–water partition coefficient (Wildman–Crippen LogP) is 5.13. The molecule has 7 nitrogen and oxygen atoms in total. The van der Waals surface area contributed by atoms with Gasteiger partial charge in [-0.3, -0.25) is 9.59 Å². The SMILES string of the molecule is CCCOc1ccc(CN2C(=O)c3cc4occc4n3C[C@]2(C)C(=O)N[C@H]2CCCC[C@@H]2C)cc1. The summed E-state index contributed by atoms with van der Waals surface area (Å²) in [5.74, 6) is 0.982. The largest absolute Gasteiger partial charge is 0.494 e. The van der Waals surface area contributed by atoms with Gasteiger partial charge < -0.3 is 23.9 Å². The van der Waals surface area contributed by atoms with Crippen LogP contribution in [-0.4, -0.2) is 39.5 Å². The second-order valence-electron chi connectivity index (χ2n) is 10.3. The van der Waals surface area contributed by atoms with Crippen LogP contribution in [0.2, 0.25) is 0 Å². The van der Waals surface area contributed by atoms with Crippen LogP contribution in [0.3, 0.4) is 0 Å². The van der Waals surface area contributed by atoms with Crippen molar-refractivity contribution >= 4 is 22.9 Å². The number of furan rings is 1. The summed E-state index contributed by atoms with van der Waals surface area (Å²) in [6, 6.07) is 11.6. The average molecular weight is 478 g/mol. The fraction of sp³-hybridized carbons (Fsp3) is 0.500. The van der Waals surface area contributed by atoms with E-state index < -0.39 is 5.54 Å². The van der Waals surface area contributed by atoms with Gasteiger partial charge in [0.25, 0.3) is 5.91 Å². The van der Waals surface area contributed by atoms with Gasteiger partial charge in [-0.25, -0.2) is 0 Å². The number of aromatic nitrogens is 1. The van der Waals surface area contributed by atoms with Crippen molar-refractivity contribution in [2.24, 2.45) is 5.92 Å². The fourth-order valence-corrected chi connectivity index (χ4v) is 5.47. The van der Waals surface area contributed by atoms with Gasteiger partial charge in [-0.15, -0.1) is 0 Å². The summed E-state index contributed by atoms with van der Waals surface area (Å²) in [5, 5.41) is 3.32. The number of ether oxygens (including phenoxy) is 1. The molecule has 1 aliphatic carbocycles. The number of nitrogens with one attached hydrogen (secondary N) is 1.